The van der Waals surface area contributed by atoms with Gasteiger partial charge in [-0.15, -0.1) is 0 Å². The number of carbonyl (C=O) groups excluding carboxylic acids is 2. The maximum Gasteiger partial charge on any atom is 0.221 e. The lowest BCUT2D eigenvalue weighted by molar-refractivity contribution is -0.121. The van der Waals surface area contributed by atoms with Gasteiger partial charge in [0, 0.05) is 25.5 Å². The molecule has 98 valence electrons. The summed E-state index contributed by atoms with van der Waals surface area (Å²) in [5.41, 5.74) is 0.979. The molecule has 4 nitrogen and oxygen atoms in total. The van der Waals surface area contributed by atoms with Crippen LogP contribution in [-0.4, -0.2) is 11.7 Å². The molecular formula is C15H16N2O2. The Morgan fingerprint density at radius 2 is 2.05 bits per heavy atom. The van der Waals surface area contributed by atoms with E-state index in [2.05, 4.69) is 11.4 Å². The van der Waals surface area contributed by atoms with Gasteiger partial charge in [-0.25, -0.2) is 0 Å². The molecule has 1 aromatic carbocycles. The summed E-state index contributed by atoms with van der Waals surface area (Å²) in [5.74, 6) is 0.0888. The fourth-order valence-electron chi connectivity index (χ4n) is 2.52. The minimum atomic E-state index is -0.595. The maximum atomic E-state index is 11.3. The number of rotatable bonds is 2. The van der Waals surface area contributed by atoms with Crippen molar-refractivity contribution in [3.05, 3.63) is 29.8 Å². The van der Waals surface area contributed by atoms with Crippen LogP contribution in [0.1, 0.15) is 38.2 Å². The minimum Gasteiger partial charge on any atom is -0.326 e. The van der Waals surface area contributed by atoms with E-state index in [-0.39, 0.29) is 11.7 Å². The molecule has 0 unspecified atom stereocenters. The molecular weight excluding hydrogens is 240 g/mol. The lowest BCUT2D eigenvalue weighted by atomic mass is 9.70. The van der Waals surface area contributed by atoms with Gasteiger partial charge >= 0.3 is 0 Å². The highest BCUT2D eigenvalue weighted by atomic mass is 16.1. The molecule has 0 saturated heterocycles. The number of amides is 1. The first-order valence-electron chi connectivity index (χ1n) is 6.37. The quantitative estimate of drug-likeness (QED) is 0.884. The molecule has 19 heavy (non-hydrogen) atoms. The monoisotopic (exact) mass is 256 g/mol. The molecule has 1 aliphatic carbocycles. The number of carbonyl (C=O) groups is 2. The zero-order valence-corrected chi connectivity index (χ0v) is 10.9. The largest absolute Gasteiger partial charge is 0.326 e. The van der Waals surface area contributed by atoms with Gasteiger partial charge in [0.2, 0.25) is 5.91 Å². The number of nitrogens with one attached hydrogen (secondary N) is 1. The average molecular weight is 256 g/mol. The van der Waals surface area contributed by atoms with Crippen molar-refractivity contribution in [2.45, 2.75) is 38.0 Å². The Morgan fingerprint density at radius 3 is 2.63 bits per heavy atom. The smallest absolute Gasteiger partial charge is 0.221 e. The third-order valence-electron chi connectivity index (χ3n) is 3.61. The average Bonchev–Trinajstić information content (AvgIpc) is 2.40. The van der Waals surface area contributed by atoms with Gasteiger partial charge in [0.1, 0.15) is 5.78 Å². The van der Waals surface area contributed by atoms with E-state index < -0.39 is 5.41 Å². The minimum absolute atomic E-state index is 0.137. The summed E-state index contributed by atoms with van der Waals surface area (Å²) in [6, 6.07) is 9.72. The predicted octanol–water partition coefficient (Wildman–Crippen LogP) is 2.55. The highest BCUT2D eigenvalue weighted by Crippen LogP contribution is 2.38. The van der Waals surface area contributed by atoms with Gasteiger partial charge in [-0.3, -0.25) is 9.59 Å². The highest BCUT2D eigenvalue weighted by molar-refractivity contribution is 5.88. The van der Waals surface area contributed by atoms with Crippen LogP contribution in [0.2, 0.25) is 0 Å². The number of nitriles is 1. The SMILES string of the molecule is CC(=O)Nc1cccc(C2(C#N)CCC(=O)CC2)c1. The highest BCUT2D eigenvalue weighted by Gasteiger charge is 2.36. The fraction of sp³-hybridized carbons (Fsp3) is 0.400. The third-order valence-corrected chi connectivity index (χ3v) is 3.61. The summed E-state index contributed by atoms with van der Waals surface area (Å²) in [7, 11) is 0. The van der Waals surface area contributed by atoms with Crippen molar-refractivity contribution in [1.82, 2.24) is 0 Å². The lowest BCUT2D eigenvalue weighted by Gasteiger charge is -2.30. The summed E-state index contributed by atoms with van der Waals surface area (Å²) < 4.78 is 0. The molecule has 1 aliphatic rings. The van der Waals surface area contributed by atoms with Gasteiger partial charge in [-0.1, -0.05) is 12.1 Å². The molecule has 0 aromatic heterocycles. The van der Waals surface area contributed by atoms with Crippen molar-refractivity contribution >= 4 is 17.4 Å². The Labute approximate surface area is 112 Å². The van der Waals surface area contributed by atoms with Crippen molar-refractivity contribution in [3.63, 3.8) is 0 Å². The molecule has 4 heteroatoms. The van der Waals surface area contributed by atoms with Crippen LogP contribution in [0.15, 0.2) is 24.3 Å². The van der Waals surface area contributed by atoms with Gasteiger partial charge in [-0.05, 0) is 30.5 Å². The van der Waals surface area contributed by atoms with Crippen LogP contribution in [0.3, 0.4) is 0 Å². The van der Waals surface area contributed by atoms with Crippen molar-refractivity contribution < 1.29 is 9.59 Å². The number of Topliss-reactive ketones (excluding diaryl/α,β-unsaturated/α-hetero) is 1. The zero-order chi connectivity index (χ0) is 13.9. The number of anilines is 1. The lowest BCUT2D eigenvalue weighted by Crippen LogP contribution is -2.30. The van der Waals surface area contributed by atoms with Gasteiger partial charge in [0.15, 0.2) is 0 Å². The number of nitrogens with zero attached hydrogens (tertiary/aromatic N) is 1. The van der Waals surface area contributed by atoms with Gasteiger partial charge in [-0.2, -0.15) is 5.26 Å². The second kappa shape index (κ2) is 5.23. The second-order valence-electron chi connectivity index (χ2n) is 4.99. The first-order chi connectivity index (χ1) is 9.05. The Bertz CT molecular complexity index is 548. The third kappa shape index (κ3) is 2.82. The molecule has 2 rings (SSSR count). The normalized spacial score (nSPS) is 17.6. The molecule has 0 spiro atoms. The first-order valence-corrected chi connectivity index (χ1v) is 6.37. The van der Waals surface area contributed by atoms with E-state index in [4.69, 9.17) is 0 Å². The van der Waals surface area contributed by atoms with Crippen LogP contribution in [0.25, 0.3) is 0 Å². The van der Waals surface area contributed by atoms with E-state index in [1.165, 1.54) is 6.92 Å². The van der Waals surface area contributed by atoms with Crippen LogP contribution in [0.4, 0.5) is 5.69 Å². The second-order valence-corrected chi connectivity index (χ2v) is 4.99. The summed E-state index contributed by atoms with van der Waals surface area (Å²) in [6.45, 7) is 1.45. The van der Waals surface area contributed by atoms with Crippen molar-refractivity contribution in [2.24, 2.45) is 0 Å². The number of benzene rings is 1. The van der Waals surface area contributed by atoms with E-state index in [9.17, 15) is 14.9 Å². The molecule has 1 amide bonds. The predicted molar refractivity (Wildman–Crippen MR) is 71.5 cm³/mol. The molecule has 1 fully saturated rings. The summed E-state index contributed by atoms with van der Waals surface area (Å²) in [6.07, 6.45) is 2.04. The fourth-order valence-corrected chi connectivity index (χ4v) is 2.52. The summed E-state index contributed by atoms with van der Waals surface area (Å²) >= 11 is 0. The van der Waals surface area contributed by atoms with Crippen LogP contribution in [0, 0.1) is 11.3 Å². The molecule has 0 radical (unpaired) electrons. The summed E-state index contributed by atoms with van der Waals surface area (Å²) in [4.78, 5) is 22.4. The molecule has 0 heterocycles. The van der Waals surface area contributed by atoms with Gasteiger partial charge < -0.3 is 5.32 Å². The Balaban J connectivity index is 2.31. The Kier molecular flexibility index (Phi) is 3.66. The topological polar surface area (TPSA) is 70.0 Å². The summed E-state index contributed by atoms with van der Waals surface area (Å²) in [5, 5.41) is 12.2. The van der Waals surface area contributed by atoms with Crippen molar-refractivity contribution in [2.75, 3.05) is 5.32 Å². The molecule has 0 bridgehead atoms. The maximum absolute atomic E-state index is 11.3. The number of ketones is 1. The van der Waals surface area contributed by atoms with Crippen LogP contribution < -0.4 is 5.32 Å². The number of hydrogen-bond acceptors (Lipinski definition) is 3. The van der Waals surface area contributed by atoms with Crippen LogP contribution >= 0.6 is 0 Å². The van der Waals surface area contributed by atoms with E-state index in [1.54, 1.807) is 6.07 Å². The van der Waals surface area contributed by atoms with E-state index in [0.29, 0.717) is 31.4 Å². The van der Waals surface area contributed by atoms with Crippen LogP contribution in [0.5, 0.6) is 0 Å². The Morgan fingerprint density at radius 1 is 1.37 bits per heavy atom. The van der Waals surface area contributed by atoms with E-state index in [0.717, 1.165) is 5.56 Å². The molecule has 1 saturated carbocycles. The van der Waals surface area contributed by atoms with E-state index in [1.807, 2.05) is 18.2 Å². The van der Waals surface area contributed by atoms with E-state index >= 15 is 0 Å². The van der Waals surface area contributed by atoms with Crippen LogP contribution in [-0.2, 0) is 15.0 Å². The molecule has 0 atom stereocenters. The first kappa shape index (κ1) is 13.3. The standard InChI is InChI=1S/C15H16N2O2/c1-11(18)17-13-4-2-3-12(9-13)15(10-16)7-5-14(19)6-8-15/h2-4,9H,5-8H2,1H3,(H,17,18). The van der Waals surface area contributed by atoms with Crippen molar-refractivity contribution in [1.29, 1.82) is 5.26 Å². The Hall–Kier alpha value is -2.15. The van der Waals surface area contributed by atoms with Gasteiger partial charge in [0.05, 0.1) is 11.5 Å². The molecule has 1 aromatic rings. The zero-order valence-electron chi connectivity index (χ0n) is 10.9. The van der Waals surface area contributed by atoms with Gasteiger partial charge in [0.25, 0.3) is 0 Å². The number of hydrogen-bond donors (Lipinski definition) is 1. The molecule has 0 aliphatic heterocycles. The molecule has 1 N–H and O–H groups in total. The van der Waals surface area contributed by atoms with Crippen molar-refractivity contribution in [3.8, 4) is 6.07 Å².